The summed E-state index contributed by atoms with van der Waals surface area (Å²) in [5.74, 6) is 0. The Morgan fingerprint density at radius 2 is 2.25 bits per heavy atom. The third-order valence-electron chi connectivity index (χ3n) is 0.809. The van der Waals surface area contributed by atoms with Crippen LogP contribution in [0.15, 0.2) is 25.3 Å². The van der Waals surface area contributed by atoms with Gasteiger partial charge >= 0.3 is 0 Å². The molecule has 1 unspecified atom stereocenters. The minimum absolute atomic E-state index is 0.285. The summed E-state index contributed by atoms with van der Waals surface area (Å²) in [6, 6.07) is 0. The summed E-state index contributed by atoms with van der Waals surface area (Å²) >= 11 is 0. The van der Waals surface area contributed by atoms with Crippen molar-refractivity contribution in [3.8, 4) is 0 Å². The molecular weight excluding hydrogens is 116 g/mol. The Kier molecular flexibility index (Phi) is 4.60. The Morgan fingerprint density at radius 3 is 2.62 bits per heavy atom. The van der Waals surface area contributed by atoms with E-state index in [1.54, 1.807) is 6.08 Å². The maximum absolute atomic E-state index is 5.17. The van der Waals surface area contributed by atoms with Gasteiger partial charge in [-0.15, -0.1) is 13.2 Å². The van der Waals surface area contributed by atoms with Gasteiger partial charge in [-0.3, -0.25) is 0 Å². The van der Waals surface area contributed by atoms with Crippen LogP contribution >= 0.6 is 0 Å². The molecule has 0 rings (SSSR count). The van der Waals surface area contributed by atoms with Crippen LogP contribution in [0.2, 0.25) is 0 Å². The van der Waals surface area contributed by atoms with E-state index in [4.69, 9.17) is 4.74 Å². The second-order valence-electron chi connectivity index (χ2n) is 1.56. The van der Waals surface area contributed by atoms with E-state index in [0.29, 0.717) is 6.61 Å². The molecule has 0 aliphatic carbocycles. The van der Waals surface area contributed by atoms with Crippen LogP contribution in [0.25, 0.3) is 0 Å². The van der Waals surface area contributed by atoms with Gasteiger partial charge in [0.15, 0.2) is 0 Å². The topological polar surface area (TPSA) is 9.23 Å². The van der Waals surface area contributed by atoms with Crippen molar-refractivity contribution < 1.29 is 4.74 Å². The lowest BCUT2D eigenvalue weighted by Gasteiger charge is -2.03. The molecule has 1 nitrogen and oxygen atoms in total. The molecule has 0 amide bonds. The smallest absolute Gasteiger partial charge is 0.0648 e. The van der Waals surface area contributed by atoms with Gasteiger partial charge in [0.25, 0.3) is 0 Å². The quantitative estimate of drug-likeness (QED) is 0.384. The van der Waals surface area contributed by atoms with E-state index in [9.17, 15) is 0 Å². The lowest BCUT2D eigenvalue weighted by Crippen LogP contribution is -2.07. The Hall–Kier alpha value is -0.343. The predicted molar refractivity (Wildman–Crippen MR) is 40.1 cm³/mol. The highest BCUT2D eigenvalue weighted by atomic mass is 28.1. The molecule has 0 heterocycles. The van der Waals surface area contributed by atoms with E-state index in [1.165, 1.54) is 0 Å². The maximum atomic E-state index is 5.17. The largest absolute Gasteiger partial charge is 0.375 e. The molecule has 0 saturated heterocycles. The fourth-order valence-corrected chi connectivity index (χ4v) is 0.480. The van der Waals surface area contributed by atoms with E-state index in [1.807, 2.05) is 6.08 Å². The van der Waals surface area contributed by atoms with Crippen molar-refractivity contribution in [1.82, 2.24) is 0 Å². The lowest BCUT2D eigenvalue weighted by molar-refractivity contribution is 0.165. The van der Waals surface area contributed by atoms with Crippen molar-refractivity contribution in [3.05, 3.63) is 25.3 Å². The van der Waals surface area contributed by atoms with Crippen LogP contribution in [0, 0.1) is 0 Å². The second kappa shape index (κ2) is 4.81. The third kappa shape index (κ3) is 3.83. The zero-order chi connectivity index (χ0) is 6.41. The van der Waals surface area contributed by atoms with Gasteiger partial charge in [-0.25, -0.2) is 0 Å². The number of ether oxygens (including phenoxy) is 1. The summed E-state index contributed by atoms with van der Waals surface area (Å²) in [5, 5.41) is 0. The molecule has 1 atom stereocenters. The highest BCUT2D eigenvalue weighted by Gasteiger charge is 1.89. The van der Waals surface area contributed by atoms with Gasteiger partial charge in [-0.1, -0.05) is 12.2 Å². The Balaban J connectivity index is 3.09. The van der Waals surface area contributed by atoms with Crippen molar-refractivity contribution in [2.75, 3.05) is 6.61 Å². The van der Waals surface area contributed by atoms with Crippen molar-refractivity contribution in [2.45, 2.75) is 5.73 Å². The SMILES string of the molecule is C=CCOC([SiH3])C=C. The van der Waals surface area contributed by atoms with Gasteiger partial charge < -0.3 is 4.74 Å². The molecular formula is C6H12OSi. The summed E-state index contributed by atoms with van der Waals surface area (Å²) in [6.07, 6.45) is 3.56. The maximum Gasteiger partial charge on any atom is 0.0648 e. The Bertz CT molecular complexity index is 80.6. The first-order valence-electron chi connectivity index (χ1n) is 2.66. The fraction of sp³-hybridized carbons (Fsp3) is 0.333. The molecule has 0 aromatic heterocycles. The monoisotopic (exact) mass is 128 g/mol. The summed E-state index contributed by atoms with van der Waals surface area (Å²) in [4.78, 5) is 0. The molecule has 0 aromatic carbocycles. The van der Waals surface area contributed by atoms with E-state index in [0.717, 1.165) is 10.2 Å². The first-order valence-corrected chi connectivity index (χ1v) is 3.81. The molecule has 0 aliphatic rings. The van der Waals surface area contributed by atoms with Crippen LogP contribution in [0.1, 0.15) is 0 Å². The van der Waals surface area contributed by atoms with Crippen molar-refractivity contribution in [3.63, 3.8) is 0 Å². The van der Waals surface area contributed by atoms with E-state index < -0.39 is 0 Å². The van der Waals surface area contributed by atoms with E-state index in [2.05, 4.69) is 13.2 Å². The van der Waals surface area contributed by atoms with Crippen LogP contribution in [-0.2, 0) is 4.74 Å². The van der Waals surface area contributed by atoms with Crippen LogP contribution in [0.3, 0.4) is 0 Å². The van der Waals surface area contributed by atoms with Crippen molar-refractivity contribution in [1.29, 1.82) is 0 Å². The van der Waals surface area contributed by atoms with Gasteiger partial charge in [0.1, 0.15) is 0 Å². The van der Waals surface area contributed by atoms with Crippen molar-refractivity contribution >= 4 is 10.2 Å². The standard InChI is InChI=1S/C6H12OSi/c1-3-5-7-6(8)4-2/h3-4,6H,1-2,5H2,8H3. The summed E-state index contributed by atoms with van der Waals surface area (Å²) < 4.78 is 5.17. The highest BCUT2D eigenvalue weighted by Crippen LogP contribution is 1.84. The first-order chi connectivity index (χ1) is 3.81. The second-order valence-corrected chi connectivity index (χ2v) is 2.70. The van der Waals surface area contributed by atoms with Gasteiger partial charge in [0, 0.05) is 10.2 Å². The van der Waals surface area contributed by atoms with Gasteiger partial charge in [0.2, 0.25) is 0 Å². The molecule has 46 valence electrons. The minimum Gasteiger partial charge on any atom is -0.375 e. The van der Waals surface area contributed by atoms with E-state index in [-0.39, 0.29) is 5.73 Å². The zero-order valence-electron chi connectivity index (χ0n) is 5.26. The molecule has 0 radical (unpaired) electrons. The molecule has 0 fully saturated rings. The van der Waals surface area contributed by atoms with E-state index >= 15 is 0 Å². The Labute approximate surface area is 53.5 Å². The summed E-state index contributed by atoms with van der Waals surface area (Å²) in [5.41, 5.74) is 0.285. The lowest BCUT2D eigenvalue weighted by atomic mass is 10.6. The first kappa shape index (κ1) is 7.66. The Morgan fingerprint density at radius 1 is 1.62 bits per heavy atom. The van der Waals surface area contributed by atoms with Crippen LogP contribution in [0.4, 0.5) is 0 Å². The highest BCUT2D eigenvalue weighted by molar-refractivity contribution is 6.12. The van der Waals surface area contributed by atoms with Crippen molar-refractivity contribution in [2.24, 2.45) is 0 Å². The molecule has 0 aromatic rings. The zero-order valence-corrected chi connectivity index (χ0v) is 7.26. The molecule has 0 saturated carbocycles. The van der Waals surface area contributed by atoms with Gasteiger partial charge in [0.05, 0.1) is 12.3 Å². The van der Waals surface area contributed by atoms with Gasteiger partial charge in [-0.2, -0.15) is 0 Å². The molecule has 0 bridgehead atoms. The molecule has 2 heteroatoms. The third-order valence-corrected chi connectivity index (χ3v) is 1.61. The number of rotatable bonds is 4. The molecule has 8 heavy (non-hydrogen) atoms. The van der Waals surface area contributed by atoms with Crippen LogP contribution in [0.5, 0.6) is 0 Å². The minimum atomic E-state index is 0.285. The number of hydrogen-bond donors (Lipinski definition) is 0. The van der Waals surface area contributed by atoms with Crippen LogP contribution < -0.4 is 0 Å². The average molecular weight is 128 g/mol. The summed E-state index contributed by atoms with van der Waals surface area (Å²) in [6.45, 7) is 7.75. The molecule has 0 spiro atoms. The molecule has 0 aliphatic heterocycles. The predicted octanol–water partition coefficient (Wildman–Crippen LogP) is 0.0665. The average Bonchev–Trinajstić information content (AvgIpc) is 1.83. The normalized spacial score (nSPS) is 13.0. The molecule has 0 N–H and O–H groups in total. The summed E-state index contributed by atoms with van der Waals surface area (Å²) in [7, 11) is 1.02. The van der Waals surface area contributed by atoms with Gasteiger partial charge in [-0.05, 0) is 0 Å². The van der Waals surface area contributed by atoms with Crippen LogP contribution in [-0.4, -0.2) is 22.6 Å². The fourth-order valence-electron chi connectivity index (χ4n) is 0.288. The number of hydrogen-bond acceptors (Lipinski definition) is 1.